The van der Waals surface area contributed by atoms with E-state index in [-0.39, 0.29) is 43.9 Å². The third kappa shape index (κ3) is 13.2. The van der Waals surface area contributed by atoms with Gasteiger partial charge in [-0.05, 0) is 50.5 Å². The second-order valence-corrected chi connectivity index (χ2v) is 14.6. The lowest BCUT2D eigenvalue weighted by molar-refractivity contribution is -0.198. The molecule has 0 saturated carbocycles. The summed E-state index contributed by atoms with van der Waals surface area (Å²) in [5.41, 5.74) is 0.954. The van der Waals surface area contributed by atoms with E-state index < -0.39 is 41.8 Å². The van der Waals surface area contributed by atoms with Crippen LogP contribution < -0.4 is 0 Å². The van der Waals surface area contributed by atoms with Gasteiger partial charge in [0.1, 0.15) is 12.7 Å². The molecule has 0 unspecified atom stereocenters. The molecule has 3 N–H and O–H groups in total. The van der Waals surface area contributed by atoms with Gasteiger partial charge in [-0.25, -0.2) is 9.59 Å². The van der Waals surface area contributed by atoms with Gasteiger partial charge in [-0.15, -0.1) is 0 Å². The molecule has 0 aromatic carbocycles. The number of carbonyl (C=O) groups excluding carboxylic acids is 2. The number of ether oxygens (including phenoxy) is 4. The van der Waals surface area contributed by atoms with Crippen LogP contribution in [-0.4, -0.2) is 83.2 Å². The number of aliphatic hydroxyl groups is 3. The van der Waals surface area contributed by atoms with E-state index in [0.29, 0.717) is 38.0 Å². The van der Waals surface area contributed by atoms with Crippen LogP contribution in [0.1, 0.15) is 86.0 Å². The number of hydrogen-bond acceptors (Lipinski definition) is 9. The maximum absolute atomic E-state index is 13.0. The average Bonchev–Trinajstić information content (AvgIpc) is 3.07. The van der Waals surface area contributed by atoms with Gasteiger partial charge in [0.25, 0.3) is 0 Å². The van der Waals surface area contributed by atoms with Crippen molar-refractivity contribution in [2.75, 3.05) is 13.2 Å². The Balaban J connectivity index is 1.71. The summed E-state index contributed by atoms with van der Waals surface area (Å²) < 4.78 is 23.9. The van der Waals surface area contributed by atoms with Gasteiger partial charge < -0.3 is 34.3 Å². The highest BCUT2D eigenvalue weighted by atomic mass is 16.6. The number of rotatable bonds is 11. The minimum Gasteiger partial charge on any atom is -0.459 e. The summed E-state index contributed by atoms with van der Waals surface area (Å²) >= 11 is 0. The smallest absolute Gasteiger partial charge is 0.335 e. The maximum Gasteiger partial charge on any atom is 0.335 e. The van der Waals surface area contributed by atoms with E-state index in [1.165, 1.54) is 6.08 Å². The minimum atomic E-state index is -1.31. The molecule has 0 aliphatic carbocycles. The lowest BCUT2D eigenvalue weighted by atomic mass is 9.73. The fourth-order valence-corrected chi connectivity index (χ4v) is 6.27. The highest BCUT2D eigenvalue weighted by Gasteiger charge is 2.49. The Bertz CT molecular complexity index is 1290. The molecule has 2 saturated heterocycles. The van der Waals surface area contributed by atoms with Gasteiger partial charge in [-0.2, -0.15) is 0 Å². The SMILES string of the molecule is C=C(CCC(C)C)COC(=O)[C@@H](O)C/C=C\C[C@H]1O[C@H]2/C=C\C/C=C\C(C)=C/[C@@H]3O[C@H](C/C=C\C=C/C(=O)O[C@@H](C2)[C@]1(C)CO)C[C@@H](O)[C@@H]3C. The van der Waals surface area contributed by atoms with E-state index in [1.807, 2.05) is 57.2 Å². The minimum absolute atomic E-state index is 0.0218. The summed E-state index contributed by atoms with van der Waals surface area (Å²) in [5, 5.41) is 31.6. The molecule has 0 amide bonds. The van der Waals surface area contributed by atoms with E-state index in [0.717, 1.165) is 24.0 Å². The number of esters is 2. The Morgan fingerprint density at radius 1 is 1.14 bits per heavy atom. The first-order valence-corrected chi connectivity index (χ1v) is 18.1. The Morgan fingerprint density at radius 3 is 2.66 bits per heavy atom. The van der Waals surface area contributed by atoms with Crippen LogP contribution >= 0.6 is 0 Å². The highest BCUT2D eigenvalue weighted by molar-refractivity contribution is 5.82. The average molecular weight is 697 g/mol. The summed E-state index contributed by atoms with van der Waals surface area (Å²) in [6.45, 7) is 13.9. The number of allylic oxidation sites excluding steroid dienone is 6. The molecule has 3 heterocycles. The molecule has 278 valence electrons. The third-order valence-electron chi connectivity index (χ3n) is 9.79. The highest BCUT2D eigenvalue weighted by Crippen LogP contribution is 2.41. The van der Waals surface area contributed by atoms with Crippen molar-refractivity contribution in [1.29, 1.82) is 0 Å². The van der Waals surface area contributed by atoms with Crippen LogP contribution in [0.4, 0.5) is 0 Å². The maximum atomic E-state index is 13.0. The lowest BCUT2D eigenvalue weighted by Crippen LogP contribution is -2.55. The summed E-state index contributed by atoms with van der Waals surface area (Å²) in [6, 6.07) is 0. The number of carbonyl (C=O) groups is 2. The van der Waals surface area contributed by atoms with E-state index in [4.69, 9.17) is 18.9 Å². The van der Waals surface area contributed by atoms with Gasteiger partial charge in [0, 0.05) is 31.3 Å². The molecule has 3 aliphatic rings. The third-order valence-corrected chi connectivity index (χ3v) is 9.79. The molecule has 0 spiro atoms. The van der Waals surface area contributed by atoms with Crippen LogP contribution in [0.5, 0.6) is 0 Å². The number of fused-ring (bicyclic) bond motifs is 4. The van der Waals surface area contributed by atoms with E-state index in [9.17, 15) is 24.9 Å². The Labute approximate surface area is 299 Å². The molecular formula is C41H60O9. The summed E-state index contributed by atoms with van der Waals surface area (Å²) in [6.07, 6.45) is 21.0. The van der Waals surface area contributed by atoms with Crippen LogP contribution in [0.15, 0.2) is 84.6 Å². The van der Waals surface area contributed by atoms with Crippen molar-refractivity contribution in [3.05, 3.63) is 84.6 Å². The lowest BCUT2D eigenvalue weighted by Gasteiger charge is -2.47. The van der Waals surface area contributed by atoms with Gasteiger partial charge in [0.15, 0.2) is 6.10 Å². The van der Waals surface area contributed by atoms with Gasteiger partial charge in [0.05, 0.1) is 42.5 Å². The number of aliphatic hydroxyl groups excluding tert-OH is 3. The molecule has 9 heteroatoms. The van der Waals surface area contributed by atoms with Gasteiger partial charge >= 0.3 is 11.9 Å². The van der Waals surface area contributed by atoms with Crippen LogP contribution in [0, 0.1) is 17.3 Å². The Morgan fingerprint density at radius 2 is 1.92 bits per heavy atom. The Kier molecular flexibility index (Phi) is 17.1. The van der Waals surface area contributed by atoms with Crippen molar-refractivity contribution >= 4 is 11.9 Å². The first-order chi connectivity index (χ1) is 23.8. The first-order valence-electron chi connectivity index (χ1n) is 18.1. The molecule has 0 aromatic rings. The fraction of sp³-hybridized carbons (Fsp3) is 0.610. The molecule has 0 aromatic heterocycles. The van der Waals surface area contributed by atoms with Crippen molar-refractivity contribution in [2.45, 2.75) is 129 Å². The predicted octanol–water partition coefficient (Wildman–Crippen LogP) is 6.41. The van der Waals surface area contributed by atoms with Crippen LogP contribution in [0.3, 0.4) is 0 Å². The zero-order valence-electron chi connectivity index (χ0n) is 30.6. The largest absolute Gasteiger partial charge is 0.459 e. The van der Waals surface area contributed by atoms with Crippen molar-refractivity contribution < 1.29 is 43.9 Å². The molecule has 50 heavy (non-hydrogen) atoms. The summed E-state index contributed by atoms with van der Waals surface area (Å²) in [7, 11) is 0. The summed E-state index contributed by atoms with van der Waals surface area (Å²) in [4.78, 5) is 25.3. The molecular weight excluding hydrogens is 636 g/mol. The monoisotopic (exact) mass is 696 g/mol. The molecule has 9 atom stereocenters. The molecule has 4 bridgehead atoms. The molecule has 2 fully saturated rings. The van der Waals surface area contributed by atoms with E-state index in [1.54, 1.807) is 18.2 Å². The molecule has 3 rings (SSSR count). The quantitative estimate of drug-likeness (QED) is 0.166. The topological polar surface area (TPSA) is 132 Å². The van der Waals surface area contributed by atoms with Crippen molar-refractivity contribution in [3.63, 3.8) is 0 Å². The second kappa shape index (κ2) is 20.7. The standard InChI is InChI=1S/C41H60O9/c1-28(2)21-22-30(4)26-47-40(46)34(43)18-13-14-19-37-41(6,27-42)38-25-33(49-37)17-10-7-9-15-29(3)23-36-31(5)35(44)24-32(48-36)16-11-8-12-20-39(45)50-38/h8-15,17,20,23,28,31-38,42-44H,4,7,16,18-19,21-22,24-27H2,1-3,5-6H3/b11-8-,14-13-,15-9-,17-10-,20-12-,29-23-/t31-,32+,33-,34-,35+,36-,37+,38-,41+/m0/s1. The number of hydrogen-bond donors (Lipinski definition) is 3. The fourth-order valence-electron chi connectivity index (χ4n) is 6.27. The van der Waals surface area contributed by atoms with Crippen molar-refractivity contribution in [1.82, 2.24) is 0 Å². The van der Waals surface area contributed by atoms with Crippen LogP contribution in [0.25, 0.3) is 0 Å². The van der Waals surface area contributed by atoms with Crippen LogP contribution in [0.2, 0.25) is 0 Å². The normalized spacial score (nSPS) is 35.3. The van der Waals surface area contributed by atoms with E-state index in [2.05, 4.69) is 26.5 Å². The molecule has 9 nitrogen and oxygen atoms in total. The zero-order chi connectivity index (χ0) is 36.7. The van der Waals surface area contributed by atoms with E-state index >= 15 is 0 Å². The van der Waals surface area contributed by atoms with Gasteiger partial charge in [0.2, 0.25) is 0 Å². The van der Waals surface area contributed by atoms with Crippen molar-refractivity contribution in [3.8, 4) is 0 Å². The van der Waals surface area contributed by atoms with Gasteiger partial charge in [-0.3, -0.25) is 0 Å². The summed E-state index contributed by atoms with van der Waals surface area (Å²) in [5.74, 6) is -0.720. The zero-order valence-corrected chi connectivity index (χ0v) is 30.6. The first kappa shape index (κ1) is 41.3. The van der Waals surface area contributed by atoms with Gasteiger partial charge in [-0.1, -0.05) is 101 Å². The van der Waals surface area contributed by atoms with Crippen molar-refractivity contribution in [2.24, 2.45) is 17.3 Å². The second-order valence-electron chi connectivity index (χ2n) is 14.6. The molecule has 3 aliphatic heterocycles. The Hall–Kier alpha value is -3.08. The predicted molar refractivity (Wildman–Crippen MR) is 195 cm³/mol. The molecule has 0 radical (unpaired) electrons. The van der Waals surface area contributed by atoms with Crippen LogP contribution in [-0.2, 0) is 28.5 Å².